The summed E-state index contributed by atoms with van der Waals surface area (Å²) in [6.07, 6.45) is 1.70. The maximum Gasteiger partial charge on any atom is 0.255 e. The zero-order valence-corrected chi connectivity index (χ0v) is 18.8. The number of aromatic hydroxyl groups is 1. The highest BCUT2D eigenvalue weighted by molar-refractivity contribution is 7.89. The third-order valence-electron chi connectivity index (χ3n) is 5.60. The third-order valence-corrected chi connectivity index (χ3v) is 7.69. The van der Waals surface area contributed by atoms with Crippen molar-refractivity contribution >= 4 is 33.2 Å². The van der Waals surface area contributed by atoms with E-state index < -0.39 is 15.9 Å². The molecule has 4 rings (SSSR count). The van der Waals surface area contributed by atoms with Gasteiger partial charge >= 0.3 is 0 Å². The molecule has 1 aliphatic rings. The van der Waals surface area contributed by atoms with E-state index in [0.717, 1.165) is 18.4 Å². The summed E-state index contributed by atoms with van der Waals surface area (Å²) in [6.45, 7) is 0.845. The topological polar surface area (TPSA) is 86.7 Å². The van der Waals surface area contributed by atoms with Crippen LogP contribution in [0.25, 0.3) is 0 Å². The number of sulfonamides is 1. The first kappa shape index (κ1) is 22.3. The van der Waals surface area contributed by atoms with Gasteiger partial charge < -0.3 is 10.4 Å². The Balaban J connectivity index is 1.55. The van der Waals surface area contributed by atoms with Crippen molar-refractivity contribution in [2.24, 2.45) is 0 Å². The molecule has 0 saturated carbocycles. The minimum absolute atomic E-state index is 0.0641. The lowest BCUT2D eigenvalue weighted by Crippen LogP contribution is -2.39. The normalized spacial score (nSPS) is 17.1. The van der Waals surface area contributed by atoms with Crippen LogP contribution in [0.4, 0.5) is 5.69 Å². The second-order valence-electron chi connectivity index (χ2n) is 7.76. The van der Waals surface area contributed by atoms with Gasteiger partial charge in [-0.1, -0.05) is 48.0 Å². The van der Waals surface area contributed by atoms with Gasteiger partial charge in [0.1, 0.15) is 5.75 Å². The molecular formula is C24H23ClN2O4S. The zero-order valence-electron chi connectivity index (χ0n) is 17.2. The monoisotopic (exact) mass is 470 g/mol. The number of nitrogens with zero attached hydrogens (tertiary/aromatic N) is 1. The Morgan fingerprint density at radius 2 is 1.81 bits per heavy atom. The Morgan fingerprint density at radius 3 is 2.59 bits per heavy atom. The summed E-state index contributed by atoms with van der Waals surface area (Å²) < 4.78 is 28.2. The van der Waals surface area contributed by atoms with E-state index in [2.05, 4.69) is 5.32 Å². The first-order chi connectivity index (χ1) is 15.3. The molecule has 0 spiro atoms. The van der Waals surface area contributed by atoms with Gasteiger partial charge in [-0.3, -0.25) is 4.79 Å². The number of amides is 1. The Morgan fingerprint density at radius 1 is 1.03 bits per heavy atom. The van der Waals surface area contributed by atoms with E-state index in [1.54, 1.807) is 0 Å². The van der Waals surface area contributed by atoms with Crippen LogP contribution >= 0.6 is 11.6 Å². The molecule has 8 heteroatoms. The molecule has 0 aromatic heterocycles. The van der Waals surface area contributed by atoms with E-state index in [1.165, 1.54) is 46.8 Å². The van der Waals surface area contributed by atoms with Gasteiger partial charge in [-0.25, -0.2) is 8.42 Å². The largest absolute Gasteiger partial charge is 0.506 e. The van der Waals surface area contributed by atoms with Crippen molar-refractivity contribution in [3.8, 4) is 5.75 Å². The van der Waals surface area contributed by atoms with E-state index in [0.29, 0.717) is 18.1 Å². The molecule has 166 valence electrons. The number of carbonyl (C=O) groups is 1. The van der Waals surface area contributed by atoms with Gasteiger partial charge in [-0.05, 0) is 60.7 Å². The second-order valence-corrected chi connectivity index (χ2v) is 10.1. The standard InChI is InChI=1S/C24H23ClN2O4S/c25-20-11-12-23(28)22(15-20)26-24(29)18-8-4-10-21(14-18)32(30,31)27-13-5-9-19(16-27)17-6-2-1-3-7-17/h1-4,6-8,10-12,14-15,19,28H,5,9,13,16H2,(H,26,29). The lowest BCUT2D eigenvalue weighted by Gasteiger charge is -2.32. The molecule has 1 aliphatic heterocycles. The zero-order chi connectivity index (χ0) is 22.7. The number of carbonyl (C=O) groups excluding carboxylic acids is 1. The molecule has 0 bridgehead atoms. The Bertz CT molecular complexity index is 1230. The van der Waals surface area contributed by atoms with E-state index in [-0.39, 0.29) is 27.8 Å². The maximum absolute atomic E-state index is 13.3. The summed E-state index contributed by atoms with van der Waals surface area (Å²) in [7, 11) is -3.76. The van der Waals surface area contributed by atoms with Gasteiger partial charge in [0.2, 0.25) is 10.0 Å². The van der Waals surface area contributed by atoms with Gasteiger partial charge in [0.25, 0.3) is 5.91 Å². The molecule has 1 heterocycles. The number of nitrogens with one attached hydrogen (secondary N) is 1. The molecule has 1 unspecified atom stereocenters. The van der Waals surface area contributed by atoms with Crippen LogP contribution in [-0.2, 0) is 10.0 Å². The average molecular weight is 471 g/mol. The molecule has 3 aromatic rings. The molecule has 3 aromatic carbocycles. The second kappa shape index (κ2) is 9.32. The summed E-state index contributed by atoms with van der Waals surface area (Å²) in [6, 6.07) is 20.1. The number of hydrogen-bond acceptors (Lipinski definition) is 4. The van der Waals surface area contributed by atoms with Crippen LogP contribution in [0.3, 0.4) is 0 Å². The molecular weight excluding hydrogens is 448 g/mol. The van der Waals surface area contributed by atoms with Crippen molar-refractivity contribution in [2.45, 2.75) is 23.7 Å². The maximum atomic E-state index is 13.3. The highest BCUT2D eigenvalue weighted by atomic mass is 35.5. The number of hydrogen-bond donors (Lipinski definition) is 2. The fourth-order valence-corrected chi connectivity index (χ4v) is 5.65. The predicted octanol–water partition coefficient (Wildman–Crippen LogP) is 4.87. The van der Waals surface area contributed by atoms with Crippen LogP contribution in [0.1, 0.15) is 34.7 Å². The van der Waals surface area contributed by atoms with Gasteiger partial charge in [0.15, 0.2) is 0 Å². The minimum Gasteiger partial charge on any atom is -0.506 e. The number of phenolic OH excluding ortho intramolecular Hbond substituents is 1. The van der Waals surface area contributed by atoms with Crippen molar-refractivity contribution in [3.63, 3.8) is 0 Å². The summed E-state index contributed by atoms with van der Waals surface area (Å²) in [5, 5.41) is 12.9. The van der Waals surface area contributed by atoms with E-state index in [9.17, 15) is 18.3 Å². The lowest BCUT2D eigenvalue weighted by atomic mass is 9.92. The molecule has 1 fully saturated rings. The Hall–Kier alpha value is -2.87. The van der Waals surface area contributed by atoms with E-state index in [4.69, 9.17) is 11.6 Å². The van der Waals surface area contributed by atoms with Crippen LogP contribution < -0.4 is 5.32 Å². The lowest BCUT2D eigenvalue weighted by molar-refractivity contribution is 0.102. The highest BCUT2D eigenvalue weighted by Crippen LogP contribution is 2.31. The Kier molecular flexibility index (Phi) is 6.50. The fourth-order valence-electron chi connectivity index (χ4n) is 3.91. The fraction of sp³-hybridized carbons (Fsp3) is 0.208. The molecule has 1 saturated heterocycles. The van der Waals surface area contributed by atoms with Gasteiger partial charge in [-0.2, -0.15) is 4.31 Å². The van der Waals surface area contributed by atoms with Gasteiger partial charge in [0, 0.05) is 23.7 Å². The molecule has 6 nitrogen and oxygen atoms in total. The van der Waals surface area contributed by atoms with Crippen molar-refractivity contribution in [2.75, 3.05) is 18.4 Å². The van der Waals surface area contributed by atoms with Gasteiger partial charge in [0.05, 0.1) is 10.6 Å². The number of phenols is 1. The van der Waals surface area contributed by atoms with Crippen LogP contribution in [0, 0.1) is 0 Å². The number of rotatable bonds is 5. The summed E-state index contributed by atoms with van der Waals surface area (Å²) in [4.78, 5) is 12.8. The van der Waals surface area contributed by atoms with Crippen molar-refractivity contribution < 1.29 is 18.3 Å². The average Bonchev–Trinajstić information content (AvgIpc) is 2.82. The van der Waals surface area contributed by atoms with Crippen LogP contribution in [0.5, 0.6) is 5.75 Å². The van der Waals surface area contributed by atoms with E-state index in [1.807, 2.05) is 30.3 Å². The first-order valence-electron chi connectivity index (χ1n) is 10.3. The molecule has 32 heavy (non-hydrogen) atoms. The van der Waals surface area contributed by atoms with Crippen LogP contribution in [0.2, 0.25) is 5.02 Å². The SMILES string of the molecule is O=C(Nc1cc(Cl)ccc1O)c1cccc(S(=O)(=O)N2CCCC(c3ccccc3)C2)c1. The number of benzene rings is 3. The summed E-state index contributed by atoms with van der Waals surface area (Å²) >= 11 is 5.93. The van der Waals surface area contributed by atoms with Crippen LogP contribution in [0.15, 0.2) is 77.7 Å². The van der Waals surface area contributed by atoms with Crippen molar-refractivity contribution in [3.05, 3.63) is 88.9 Å². The third kappa shape index (κ3) is 4.80. The summed E-state index contributed by atoms with van der Waals surface area (Å²) in [5.74, 6) is -0.538. The quantitative estimate of drug-likeness (QED) is 0.521. The van der Waals surface area contributed by atoms with Crippen molar-refractivity contribution in [1.29, 1.82) is 0 Å². The van der Waals surface area contributed by atoms with Crippen molar-refractivity contribution in [1.82, 2.24) is 4.31 Å². The molecule has 0 radical (unpaired) electrons. The molecule has 1 amide bonds. The molecule has 0 aliphatic carbocycles. The van der Waals surface area contributed by atoms with Crippen LogP contribution in [-0.4, -0.2) is 36.8 Å². The summed E-state index contributed by atoms with van der Waals surface area (Å²) in [5.41, 5.74) is 1.45. The Labute approximate surface area is 192 Å². The predicted molar refractivity (Wildman–Crippen MR) is 125 cm³/mol. The first-order valence-corrected chi connectivity index (χ1v) is 12.1. The highest BCUT2D eigenvalue weighted by Gasteiger charge is 2.31. The number of anilines is 1. The smallest absolute Gasteiger partial charge is 0.255 e. The number of piperidine rings is 1. The minimum atomic E-state index is -3.76. The van der Waals surface area contributed by atoms with E-state index >= 15 is 0 Å². The van der Waals surface area contributed by atoms with Gasteiger partial charge in [-0.15, -0.1) is 0 Å². The molecule has 2 N–H and O–H groups in total. The molecule has 1 atom stereocenters. The number of halogens is 1.